The predicted molar refractivity (Wildman–Crippen MR) is 70.8 cm³/mol. The lowest BCUT2D eigenvalue weighted by Gasteiger charge is -2.22. The van der Waals surface area contributed by atoms with Gasteiger partial charge in [0.1, 0.15) is 0 Å². The van der Waals surface area contributed by atoms with Gasteiger partial charge in [0.25, 0.3) is 0 Å². The number of aryl methyl sites for hydroxylation is 1. The standard InChI is InChI=1S/C10H14BrNO3S2/c1-7-9(5-10(11)16-7)17(14,15)12-4-2-3-8(12)6-13/h5,8,13H,2-4,6H2,1H3/t8-/m1/s1. The van der Waals surface area contributed by atoms with Gasteiger partial charge in [-0.2, -0.15) is 4.31 Å². The van der Waals surface area contributed by atoms with Crippen molar-refractivity contribution < 1.29 is 13.5 Å². The molecule has 1 aliphatic heterocycles. The predicted octanol–water partition coefficient (Wildman–Crippen LogP) is 1.96. The third kappa shape index (κ3) is 2.44. The summed E-state index contributed by atoms with van der Waals surface area (Å²) in [6.07, 6.45) is 1.55. The van der Waals surface area contributed by atoms with Gasteiger partial charge in [0.15, 0.2) is 0 Å². The molecule has 0 aliphatic carbocycles. The third-order valence-electron chi connectivity index (χ3n) is 2.96. The molecule has 1 aromatic heterocycles. The molecule has 0 amide bonds. The number of nitrogens with zero attached hydrogens (tertiary/aromatic N) is 1. The molecule has 0 unspecified atom stereocenters. The van der Waals surface area contributed by atoms with E-state index in [0.717, 1.165) is 21.5 Å². The Bertz CT molecular complexity index is 512. The van der Waals surface area contributed by atoms with E-state index in [1.165, 1.54) is 15.6 Å². The Morgan fingerprint density at radius 1 is 1.65 bits per heavy atom. The Hall–Kier alpha value is 0.0500. The van der Waals surface area contributed by atoms with Crippen LogP contribution in [0, 0.1) is 6.92 Å². The monoisotopic (exact) mass is 339 g/mol. The van der Waals surface area contributed by atoms with Crippen molar-refractivity contribution in [1.29, 1.82) is 0 Å². The normalized spacial score (nSPS) is 22.2. The zero-order chi connectivity index (χ0) is 12.6. The molecular weight excluding hydrogens is 326 g/mol. The Morgan fingerprint density at radius 3 is 2.88 bits per heavy atom. The summed E-state index contributed by atoms with van der Waals surface area (Å²) in [4.78, 5) is 1.13. The van der Waals surface area contributed by atoms with E-state index in [0.29, 0.717) is 11.4 Å². The lowest BCUT2D eigenvalue weighted by Crippen LogP contribution is -2.37. The first-order valence-electron chi connectivity index (χ1n) is 5.35. The van der Waals surface area contributed by atoms with E-state index in [-0.39, 0.29) is 12.6 Å². The van der Waals surface area contributed by atoms with Crippen LogP contribution in [0.1, 0.15) is 17.7 Å². The molecule has 0 aromatic carbocycles. The second-order valence-electron chi connectivity index (χ2n) is 4.07. The smallest absolute Gasteiger partial charge is 0.244 e. The van der Waals surface area contributed by atoms with Gasteiger partial charge in [0.05, 0.1) is 15.3 Å². The summed E-state index contributed by atoms with van der Waals surface area (Å²) < 4.78 is 27.1. The minimum atomic E-state index is -3.46. The van der Waals surface area contributed by atoms with Gasteiger partial charge in [-0.25, -0.2) is 8.42 Å². The first-order chi connectivity index (χ1) is 7.96. The Labute approximate surface area is 113 Å². The highest BCUT2D eigenvalue weighted by atomic mass is 79.9. The fourth-order valence-corrected chi connectivity index (χ4v) is 6.19. The van der Waals surface area contributed by atoms with Gasteiger partial charge in [-0.1, -0.05) is 0 Å². The van der Waals surface area contributed by atoms with Gasteiger partial charge in [0.2, 0.25) is 10.0 Å². The maximum atomic E-state index is 12.4. The number of sulfonamides is 1. The van der Waals surface area contributed by atoms with E-state index in [4.69, 9.17) is 0 Å². The molecule has 0 saturated carbocycles. The average Bonchev–Trinajstić information content (AvgIpc) is 2.84. The van der Waals surface area contributed by atoms with Gasteiger partial charge in [-0.3, -0.25) is 0 Å². The Kier molecular flexibility index (Phi) is 3.94. The fraction of sp³-hybridized carbons (Fsp3) is 0.600. The van der Waals surface area contributed by atoms with E-state index in [1.807, 2.05) is 0 Å². The summed E-state index contributed by atoms with van der Waals surface area (Å²) in [5.41, 5.74) is 0. The van der Waals surface area contributed by atoms with E-state index in [1.54, 1.807) is 13.0 Å². The molecule has 2 rings (SSSR count). The summed E-state index contributed by atoms with van der Waals surface area (Å²) >= 11 is 4.71. The number of thiophene rings is 1. The van der Waals surface area contributed by atoms with Gasteiger partial charge in [0, 0.05) is 17.5 Å². The van der Waals surface area contributed by atoms with Crippen molar-refractivity contribution in [2.75, 3.05) is 13.2 Å². The van der Waals surface area contributed by atoms with Crippen LogP contribution in [0.25, 0.3) is 0 Å². The molecule has 96 valence electrons. The largest absolute Gasteiger partial charge is 0.395 e. The van der Waals surface area contributed by atoms with Crippen LogP contribution in [0.5, 0.6) is 0 Å². The summed E-state index contributed by atoms with van der Waals surface area (Å²) in [7, 11) is -3.46. The maximum Gasteiger partial charge on any atom is 0.244 e. The second kappa shape index (κ2) is 4.97. The van der Waals surface area contributed by atoms with Crippen LogP contribution in [0.2, 0.25) is 0 Å². The topological polar surface area (TPSA) is 57.6 Å². The van der Waals surface area contributed by atoms with Gasteiger partial charge >= 0.3 is 0 Å². The number of halogens is 1. The minimum absolute atomic E-state index is 0.108. The highest BCUT2D eigenvalue weighted by molar-refractivity contribution is 9.11. The highest BCUT2D eigenvalue weighted by Gasteiger charge is 2.36. The molecule has 0 bridgehead atoms. The maximum absolute atomic E-state index is 12.4. The number of aliphatic hydroxyl groups excluding tert-OH is 1. The molecule has 1 N–H and O–H groups in total. The van der Waals surface area contributed by atoms with Crippen molar-refractivity contribution in [1.82, 2.24) is 4.31 Å². The van der Waals surface area contributed by atoms with E-state index in [9.17, 15) is 13.5 Å². The molecule has 1 fully saturated rings. The molecule has 2 heterocycles. The Balaban J connectivity index is 2.39. The quantitative estimate of drug-likeness (QED) is 0.915. The van der Waals surface area contributed by atoms with Crippen LogP contribution >= 0.6 is 27.3 Å². The molecule has 0 radical (unpaired) electrons. The second-order valence-corrected chi connectivity index (χ2v) is 8.56. The van der Waals surface area contributed by atoms with Crippen molar-refractivity contribution in [2.24, 2.45) is 0 Å². The molecule has 1 aliphatic rings. The molecule has 1 saturated heterocycles. The van der Waals surface area contributed by atoms with Gasteiger partial charge in [-0.15, -0.1) is 11.3 Å². The first-order valence-corrected chi connectivity index (χ1v) is 8.40. The van der Waals surface area contributed by atoms with Crippen LogP contribution in [0.15, 0.2) is 14.7 Å². The summed E-state index contributed by atoms with van der Waals surface area (Å²) in [6, 6.07) is 1.38. The lowest BCUT2D eigenvalue weighted by molar-refractivity contribution is 0.213. The SMILES string of the molecule is Cc1sc(Br)cc1S(=O)(=O)N1CCC[C@@H]1CO. The summed E-state index contributed by atoms with van der Waals surface area (Å²) in [5.74, 6) is 0. The first kappa shape index (κ1) is 13.5. The fourth-order valence-electron chi connectivity index (χ4n) is 2.12. The van der Waals surface area contributed by atoms with Gasteiger partial charge in [-0.05, 0) is 41.8 Å². The number of hydrogen-bond donors (Lipinski definition) is 1. The number of rotatable bonds is 3. The summed E-state index contributed by atoms with van der Waals surface area (Å²) in [5, 5.41) is 9.21. The van der Waals surface area contributed by atoms with Crippen molar-refractivity contribution in [3.63, 3.8) is 0 Å². The third-order valence-corrected chi connectivity index (χ3v) is 6.72. The molecule has 7 heteroatoms. The highest BCUT2D eigenvalue weighted by Crippen LogP contribution is 2.34. The lowest BCUT2D eigenvalue weighted by atomic mass is 10.2. The summed E-state index contributed by atoms with van der Waals surface area (Å²) in [6.45, 7) is 2.19. The molecule has 1 aromatic rings. The molecule has 0 spiro atoms. The number of aliphatic hydroxyl groups is 1. The van der Waals surface area contributed by atoms with Crippen molar-refractivity contribution in [3.8, 4) is 0 Å². The van der Waals surface area contributed by atoms with Crippen molar-refractivity contribution in [3.05, 3.63) is 14.7 Å². The van der Waals surface area contributed by atoms with Crippen molar-refractivity contribution >= 4 is 37.3 Å². The van der Waals surface area contributed by atoms with Crippen LogP contribution in [-0.4, -0.2) is 37.0 Å². The van der Waals surface area contributed by atoms with Crippen LogP contribution in [0.3, 0.4) is 0 Å². The number of hydrogen-bond acceptors (Lipinski definition) is 4. The zero-order valence-electron chi connectivity index (χ0n) is 9.39. The van der Waals surface area contributed by atoms with Crippen molar-refractivity contribution in [2.45, 2.75) is 30.7 Å². The van der Waals surface area contributed by atoms with E-state index in [2.05, 4.69) is 15.9 Å². The molecule has 17 heavy (non-hydrogen) atoms. The molecular formula is C10H14BrNO3S2. The Morgan fingerprint density at radius 2 is 2.35 bits per heavy atom. The average molecular weight is 340 g/mol. The molecule has 4 nitrogen and oxygen atoms in total. The minimum Gasteiger partial charge on any atom is -0.395 e. The zero-order valence-corrected chi connectivity index (χ0v) is 12.6. The van der Waals surface area contributed by atoms with Crippen LogP contribution < -0.4 is 0 Å². The van der Waals surface area contributed by atoms with Crippen LogP contribution in [-0.2, 0) is 10.0 Å². The van der Waals surface area contributed by atoms with E-state index < -0.39 is 10.0 Å². The van der Waals surface area contributed by atoms with E-state index >= 15 is 0 Å². The van der Waals surface area contributed by atoms with Crippen LogP contribution in [0.4, 0.5) is 0 Å². The van der Waals surface area contributed by atoms with Gasteiger partial charge < -0.3 is 5.11 Å². The molecule has 1 atom stereocenters.